The van der Waals surface area contributed by atoms with Crippen LogP contribution < -0.4 is 4.90 Å². The number of nitrogens with zero attached hydrogens (tertiary/aromatic N) is 4. The molecule has 0 N–H and O–H groups in total. The lowest BCUT2D eigenvalue weighted by Gasteiger charge is -2.35. The van der Waals surface area contributed by atoms with Gasteiger partial charge in [0.25, 0.3) is 0 Å². The molecule has 1 saturated heterocycles. The molecule has 1 aliphatic rings. The van der Waals surface area contributed by atoms with Crippen LogP contribution in [-0.2, 0) is 6.54 Å². The molecule has 4 heteroatoms. The van der Waals surface area contributed by atoms with E-state index in [4.69, 9.17) is 0 Å². The van der Waals surface area contributed by atoms with Crippen molar-refractivity contribution in [1.29, 1.82) is 5.26 Å². The maximum absolute atomic E-state index is 9.27. The summed E-state index contributed by atoms with van der Waals surface area (Å²) >= 11 is 0. The molecule has 0 radical (unpaired) electrons. The summed E-state index contributed by atoms with van der Waals surface area (Å²) in [5.74, 6) is 0.812. The highest BCUT2D eigenvalue weighted by atomic mass is 15.3. The summed E-state index contributed by atoms with van der Waals surface area (Å²) in [6, 6.07) is 25.2. The van der Waals surface area contributed by atoms with Gasteiger partial charge in [-0.15, -0.1) is 0 Å². The van der Waals surface area contributed by atoms with Crippen molar-refractivity contribution < 1.29 is 0 Å². The number of aromatic nitrogens is 1. The minimum absolute atomic E-state index is 0.655. The fourth-order valence-electron chi connectivity index (χ4n) is 3.55. The van der Waals surface area contributed by atoms with Gasteiger partial charge < -0.3 is 4.90 Å². The van der Waals surface area contributed by atoms with Crippen molar-refractivity contribution in [2.24, 2.45) is 0 Å². The first-order valence-electron chi connectivity index (χ1n) is 9.30. The van der Waals surface area contributed by atoms with Gasteiger partial charge in [0.15, 0.2) is 0 Å². The zero-order chi connectivity index (χ0) is 18.5. The standard InChI is InChI=1S/C23H22N4/c24-17-22-7-4-12-25-23(22)27-15-13-26(14-16-27)18-19-8-10-21(11-9-19)20-5-2-1-3-6-20/h1-12H,13-16,18H2. The topological polar surface area (TPSA) is 43.2 Å². The van der Waals surface area contributed by atoms with Crippen LogP contribution in [0, 0.1) is 11.3 Å². The molecule has 4 nitrogen and oxygen atoms in total. The monoisotopic (exact) mass is 354 g/mol. The molecule has 134 valence electrons. The second-order valence-electron chi connectivity index (χ2n) is 6.81. The molecule has 0 amide bonds. The first-order valence-corrected chi connectivity index (χ1v) is 9.30. The first-order chi connectivity index (χ1) is 13.3. The molecular weight excluding hydrogens is 332 g/mol. The number of pyridine rings is 1. The van der Waals surface area contributed by atoms with Crippen LogP contribution in [0.3, 0.4) is 0 Å². The highest BCUT2D eigenvalue weighted by molar-refractivity contribution is 5.63. The quantitative estimate of drug-likeness (QED) is 0.712. The maximum Gasteiger partial charge on any atom is 0.146 e. The molecule has 0 atom stereocenters. The molecule has 2 heterocycles. The third kappa shape index (κ3) is 3.99. The van der Waals surface area contributed by atoms with E-state index in [1.165, 1.54) is 16.7 Å². The third-order valence-electron chi connectivity index (χ3n) is 5.05. The molecule has 0 unspecified atom stereocenters. The van der Waals surface area contributed by atoms with Crippen LogP contribution in [0.15, 0.2) is 72.9 Å². The molecule has 3 aromatic rings. The number of hydrogen-bond donors (Lipinski definition) is 0. The van der Waals surface area contributed by atoms with Gasteiger partial charge in [-0.1, -0.05) is 54.6 Å². The largest absolute Gasteiger partial charge is 0.353 e. The average molecular weight is 354 g/mol. The molecule has 2 aromatic carbocycles. The Morgan fingerprint density at radius 3 is 2.22 bits per heavy atom. The van der Waals surface area contributed by atoms with Gasteiger partial charge in [0.1, 0.15) is 11.9 Å². The van der Waals surface area contributed by atoms with Gasteiger partial charge in [-0.2, -0.15) is 5.26 Å². The summed E-state index contributed by atoms with van der Waals surface area (Å²) in [4.78, 5) is 9.08. The predicted molar refractivity (Wildman–Crippen MR) is 108 cm³/mol. The lowest BCUT2D eigenvalue weighted by molar-refractivity contribution is 0.249. The molecule has 0 spiro atoms. The van der Waals surface area contributed by atoms with Crippen molar-refractivity contribution in [3.63, 3.8) is 0 Å². The van der Waals surface area contributed by atoms with E-state index < -0.39 is 0 Å². The Kier molecular flexibility index (Phi) is 5.13. The van der Waals surface area contributed by atoms with E-state index in [-0.39, 0.29) is 0 Å². The molecule has 1 fully saturated rings. The third-order valence-corrected chi connectivity index (χ3v) is 5.05. The summed E-state index contributed by atoms with van der Waals surface area (Å²) in [7, 11) is 0. The van der Waals surface area contributed by atoms with E-state index in [2.05, 4.69) is 69.4 Å². The highest BCUT2D eigenvalue weighted by Gasteiger charge is 2.20. The fourth-order valence-corrected chi connectivity index (χ4v) is 3.55. The number of rotatable bonds is 4. The van der Waals surface area contributed by atoms with Crippen molar-refractivity contribution in [2.75, 3.05) is 31.1 Å². The summed E-state index contributed by atoms with van der Waals surface area (Å²) in [5.41, 5.74) is 4.49. The summed E-state index contributed by atoms with van der Waals surface area (Å²) in [6.45, 7) is 4.70. The number of benzene rings is 2. The molecule has 0 aliphatic carbocycles. The van der Waals surface area contributed by atoms with Crippen LogP contribution in [0.2, 0.25) is 0 Å². The Morgan fingerprint density at radius 2 is 1.52 bits per heavy atom. The molecular formula is C23H22N4. The average Bonchev–Trinajstić information content (AvgIpc) is 2.75. The van der Waals surface area contributed by atoms with Gasteiger partial charge in [-0.3, -0.25) is 4.90 Å². The van der Waals surface area contributed by atoms with Gasteiger partial charge in [-0.25, -0.2) is 4.98 Å². The minimum Gasteiger partial charge on any atom is -0.353 e. The van der Waals surface area contributed by atoms with Crippen molar-refractivity contribution >= 4 is 5.82 Å². The van der Waals surface area contributed by atoms with Gasteiger partial charge in [-0.05, 0) is 28.8 Å². The predicted octanol–water partition coefficient (Wildman–Crippen LogP) is 3.94. The smallest absolute Gasteiger partial charge is 0.146 e. The van der Waals surface area contributed by atoms with Gasteiger partial charge >= 0.3 is 0 Å². The van der Waals surface area contributed by atoms with Gasteiger partial charge in [0.2, 0.25) is 0 Å². The zero-order valence-corrected chi connectivity index (χ0v) is 15.3. The van der Waals surface area contributed by atoms with E-state index >= 15 is 0 Å². The molecule has 1 aromatic heterocycles. The van der Waals surface area contributed by atoms with E-state index in [0.717, 1.165) is 38.5 Å². The van der Waals surface area contributed by atoms with E-state index in [0.29, 0.717) is 5.56 Å². The van der Waals surface area contributed by atoms with E-state index in [1.54, 1.807) is 6.20 Å². The lowest BCUT2D eigenvalue weighted by Crippen LogP contribution is -2.46. The highest BCUT2D eigenvalue weighted by Crippen LogP contribution is 2.21. The summed E-state index contributed by atoms with van der Waals surface area (Å²) in [6.07, 6.45) is 1.76. The second kappa shape index (κ2) is 8.03. The van der Waals surface area contributed by atoms with Crippen LogP contribution in [0.25, 0.3) is 11.1 Å². The minimum atomic E-state index is 0.655. The van der Waals surface area contributed by atoms with Crippen LogP contribution >= 0.6 is 0 Å². The van der Waals surface area contributed by atoms with E-state index in [1.807, 2.05) is 18.2 Å². The van der Waals surface area contributed by atoms with Crippen LogP contribution in [0.4, 0.5) is 5.82 Å². The zero-order valence-electron chi connectivity index (χ0n) is 15.3. The van der Waals surface area contributed by atoms with Gasteiger partial charge in [0.05, 0.1) is 5.56 Å². The number of piperazine rings is 1. The fraction of sp³-hybridized carbons (Fsp3) is 0.217. The SMILES string of the molecule is N#Cc1cccnc1N1CCN(Cc2ccc(-c3ccccc3)cc2)CC1. The number of hydrogen-bond acceptors (Lipinski definition) is 4. The second-order valence-corrected chi connectivity index (χ2v) is 6.81. The Balaban J connectivity index is 1.36. The van der Waals surface area contributed by atoms with Crippen molar-refractivity contribution in [1.82, 2.24) is 9.88 Å². The first kappa shape index (κ1) is 17.3. The van der Waals surface area contributed by atoms with Crippen molar-refractivity contribution in [3.8, 4) is 17.2 Å². The molecule has 1 aliphatic heterocycles. The summed E-state index contributed by atoms with van der Waals surface area (Å²) in [5, 5.41) is 9.27. The van der Waals surface area contributed by atoms with Crippen molar-refractivity contribution in [2.45, 2.75) is 6.54 Å². The van der Waals surface area contributed by atoms with Crippen LogP contribution in [0.1, 0.15) is 11.1 Å². The molecule has 0 saturated carbocycles. The maximum atomic E-state index is 9.27. The Morgan fingerprint density at radius 1 is 0.815 bits per heavy atom. The van der Waals surface area contributed by atoms with E-state index in [9.17, 15) is 5.26 Å². The molecule has 4 rings (SSSR count). The van der Waals surface area contributed by atoms with Crippen molar-refractivity contribution in [3.05, 3.63) is 84.1 Å². The lowest BCUT2D eigenvalue weighted by atomic mass is 10.0. The molecule has 27 heavy (non-hydrogen) atoms. The summed E-state index contributed by atoms with van der Waals surface area (Å²) < 4.78 is 0. The molecule has 0 bridgehead atoms. The normalized spacial score (nSPS) is 14.7. The number of nitriles is 1. The number of anilines is 1. The van der Waals surface area contributed by atoms with Crippen LogP contribution in [-0.4, -0.2) is 36.1 Å². The van der Waals surface area contributed by atoms with Gasteiger partial charge in [0, 0.05) is 38.9 Å². The van der Waals surface area contributed by atoms with Crippen LogP contribution in [0.5, 0.6) is 0 Å². The Bertz CT molecular complexity index is 921. The Labute approximate surface area is 160 Å². The Hall–Kier alpha value is -3.16.